The van der Waals surface area contributed by atoms with Crippen LogP contribution in [0.5, 0.6) is 0 Å². The van der Waals surface area contributed by atoms with Gasteiger partial charge in [-0.2, -0.15) is 0 Å². The second-order valence-electron chi connectivity index (χ2n) is 6.22. The molecule has 6 heteroatoms. The summed E-state index contributed by atoms with van der Waals surface area (Å²) in [5.74, 6) is -0.00285. The maximum Gasteiger partial charge on any atom is 0.224 e. The zero-order valence-electron chi connectivity index (χ0n) is 13.3. The molecule has 1 N–H and O–H groups in total. The molecule has 0 saturated carbocycles. The van der Waals surface area contributed by atoms with Crippen LogP contribution in [0, 0.1) is 5.82 Å². The monoisotopic (exact) mass is 321 g/mol. The highest BCUT2D eigenvalue weighted by atomic mass is 19.1. The summed E-state index contributed by atoms with van der Waals surface area (Å²) in [6.45, 7) is 6.03. The molecule has 23 heavy (non-hydrogen) atoms. The van der Waals surface area contributed by atoms with Crippen LogP contribution in [0.4, 0.5) is 4.39 Å². The third kappa shape index (κ3) is 4.73. The van der Waals surface area contributed by atoms with Crippen LogP contribution in [-0.2, 0) is 16.1 Å². The lowest BCUT2D eigenvalue weighted by Crippen LogP contribution is -2.51. The molecule has 126 valence electrons. The second-order valence-corrected chi connectivity index (χ2v) is 6.22. The van der Waals surface area contributed by atoms with Gasteiger partial charge in [0.1, 0.15) is 5.82 Å². The molecule has 0 spiro atoms. The van der Waals surface area contributed by atoms with Crippen LogP contribution in [0.2, 0.25) is 0 Å². The maximum atomic E-state index is 13.2. The van der Waals surface area contributed by atoms with E-state index in [1.165, 1.54) is 6.07 Å². The van der Waals surface area contributed by atoms with Crippen molar-refractivity contribution >= 4 is 5.91 Å². The van der Waals surface area contributed by atoms with Gasteiger partial charge in [0.15, 0.2) is 0 Å². The maximum absolute atomic E-state index is 13.2. The number of piperazine rings is 1. The third-order valence-electron chi connectivity index (χ3n) is 4.44. The van der Waals surface area contributed by atoms with Gasteiger partial charge in [-0.25, -0.2) is 4.39 Å². The summed E-state index contributed by atoms with van der Waals surface area (Å²) in [7, 11) is 0. The Morgan fingerprint density at radius 3 is 2.83 bits per heavy atom. The minimum atomic E-state index is -0.196. The summed E-state index contributed by atoms with van der Waals surface area (Å²) in [5.41, 5.74) is 0.980. The van der Waals surface area contributed by atoms with Crippen molar-refractivity contribution in [3.05, 3.63) is 35.6 Å². The predicted octanol–water partition coefficient (Wildman–Crippen LogP) is 0.848. The van der Waals surface area contributed by atoms with Crippen molar-refractivity contribution in [2.75, 3.05) is 45.9 Å². The van der Waals surface area contributed by atoms with E-state index in [-0.39, 0.29) is 17.8 Å². The predicted molar refractivity (Wildman–Crippen MR) is 85.5 cm³/mol. The van der Waals surface area contributed by atoms with Gasteiger partial charge in [0, 0.05) is 51.7 Å². The first-order chi connectivity index (χ1) is 11.2. The van der Waals surface area contributed by atoms with E-state index in [1.807, 2.05) is 11.0 Å². The quantitative estimate of drug-likeness (QED) is 0.893. The first-order valence-corrected chi connectivity index (χ1v) is 8.26. The van der Waals surface area contributed by atoms with Gasteiger partial charge in [-0.1, -0.05) is 12.1 Å². The molecule has 1 unspecified atom stereocenters. The van der Waals surface area contributed by atoms with Gasteiger partial charge in [-0.3, -0.25) is 9.69 Å². The van der Waals surface area contributed by atoms with E-state index in [4.69, 9.17) is 4.74 Å². The van der Waals surface area contributed by atoms with E-state index in [0.717, 1.165) is 51.4 Å². The molecule has 0 aromatic heterocycles. The molecule has 3 rings (SSSR count). The molecule has 2 aliphatic heterocycles. The molecular formula is C17H24FN3O2. The lowest BCUT2D eigenvalue weighted by atomic mass is 10.1. The Morgan fingerprint density at radius 1 is 1.30 bits per heavy atom. The zero-order valence-corrected chi connectivity index (χ0v) is 13.3. The Balaban J connectivity index is 1.43. The Kier molecular flexibility index (Phi) is 5.59. The summed E-state index contributed by atoms with van der Waals surface area (Å²) >= 11 is 0. The van der Waals surface area contributed by atoms with Crippen LogP contribution >= 0.6 is 0 Å². The minimum absolute atomic E-state index is 0.140. The highest BCUT2D eigenvalue weighted by Gasteiger charge is 2.24. The van der Waals surface area contributed by atoms with E-state index in [9.17, 15) is 9.18 Å². The average molecular weight is 321 g/mol. The number of benzene rings is 1. The van der Waals surface area contributed by atoms with Crippen molar-refractivity contribution in [3.8, 4) is 0 Å². The minimum Gasteiger partial charge on any atom is -0.378 e. The number of ether oxygens (including phenoxy) is 1. The van der Waals surface area contributed by atoms with Crippen LogP contribution in [0.25, 0.3) is 0 Å². The molecular weight excluding hydrogens is 297 g/mol. The average Bonchev–Trinajstić information content (AvgIpc) is 2.56. The molecule has 1 atom stereocenters. The van der Waals surface area contributed by atoms with Crippen molar-refractivity contribution in [2.24, 2.45) is 0 Å². The fourth-order valence-corrected chi connectivity index (χ4v) is 3.14. The van der Waals surface area contributed by atoms with Gasteiger partial charge in [0.25, 0.3) is 0 Å². The van der Waals surface area contributed by atoms with Gasteiger partial charge >= 0.3 is 0 Å². The molecule has 1 aromatic rings. The number of carbonyl (C=O) groups excluding carboxylic acids is 1. The number of hydrogen-bond acceptors (Lipinski definition) is 4. The van der Waals surface area contributed by atoms with Crippen LogP contribution in [0.15, 0.2) is 24.3 Å². The fourth-order valence-electron chi connectivity index (χ4n) is 3.14. The summed E-state index contributed by atoms with van der Waals surface area (Å²) < 4.78 is 18.6. The molecule has 0 aliphatic carbocycles. The van der Waals surface area contributed by atoms with Crippen LogP contribution in [-0.4, -0.2) is 67.7 Å². The number of nitrogens with one attached hydrogen (secondary N) is 1. The highest BCUT2D eigenvalue weighted by Crippen LogP contribution is 2.11. The standard InChI is InChI=1S/C17H24FN3O2/c18-15-3-1-2-14(10-15)12-20-5-7-21(8-6-20)17(22)11-16-13-23-9-4-19-16/h1-3,10,16,19H,4-9,11-13H2. The summed E-state index contributed by atoms with van der Waals surface area (Å²) in [6, 6.07) is 6.86. The molecule has 2 saturated heterocycles. The molecule has 2 heterocycles. The number of amides is 1. The topological polar surface area (TPSA) is 44.8 Å². The molecule has 2 fully saturated rings. The van der Waals surface area contributed by atoms with Gasteiger partial charge in [0.2, 0.25) is 5.91 Å². The van der Waals surface area contributed by atoms with Gasteiger partial charge < -0.3 is 15.0 Å². The molecule has 2 aliphatic rings. The molecule has 5 nitrogen and oxygen atoms in total. The van der Waals surface area contributed by atoms with E-state index in [0.29, 0.717) is 13.0 Å². The second kappa shape index (κ2) is 7.86. The Bertz CT molecular complexity index is 526. The number of halogens is 1. The van der Waals surface area contributed by atoms with Crippen molar-refractivity contribution in [1.82, 2.24) is 15.1 Å². The lowest BCUT2D eigenvalue weighted by molar-refractivity contribution is -0.134. The normalized spacial score (nSPS) is 23.0. The molecule has 1 aromatic carbocycles. The smallest absolute Gasteiger partial charge is 0.224 e. The van der Waals surface area contributed by atoms with Crippen molar-refractivity contribution in [3.63, 3.8) is 0 Å². The van der Waals surface area contributed by atoms with E-state index in [2.05, 4.69) is 10.2 Å². The summed E-state index contributed by atoms with van der Waals surface area (Å²) in [4.78, 5) is 16.5. The number of hydrogen-bond donors (Lipinski definition) is 1. The van der Waals surface area contributed by atoms with Gasteiger partial charge in [-0.15, -0.1) is 0 Å². The van der Waals surface area contributed by atoms with Crippen LogP contribution < -0.4 is 5.32 Å². The number of morpholine rings is 1. The Morgan fingerprint density at radius 2 is 2.13 bits per heavy atom. The zero-order chi connectivity index (χ0) is 16.1. The van der Waals surface area contributed by atoms with Crippen LogP contribution in [0.1, 0.15) is 12.0 Å². The number of carbonyl (C=O) groups is 1. The van der Waals surface area contributed by atoms with E-state index in [1.54, 1.807) is 12.1 Å². The van der Waals surface area contributed by atoms with Gasteiger partial charge in [-0.05, 0) is 17.7 Å². The number of rotatable bonds is 4. The fraction of sp³-hybridized carbons (Fsp3) is 0.588. The number of nitrogens with zero attached hydrogens (tertiary/aromatic N) is 2. The van der Waals surface area contributed by atoms with E-state index < -0.39 is 0 Å². The van der Waals surface area contributed by atoms with Crippen molar-refractivity contribution in [2.45, 2.75) is 19.0 Å². The Hall–Kier alpha value is -1.50. The molecule has 0 bridgehead atoms. The first-order valence-electron chi connectivity index (χ1n) is 8.26. The first kappa shape index (κ1) is 16.4. The Labute approximate surface area is 136 Å². The highest BCUT2D eigenvalue weighted by molar-refractivity contribution is 5.77. The molecule has 0 radical (unpaired) electrons. The van der Waals surface area contributed by atoms with Gasteiger partial charge in [0.05, 0.1) is 13.2 Å². The molecule has 1 amide bonds. The summed E-state index contributed by atoms with van der Waals surface area (Å²) in [6.07, 6.45) is 0.504. The van der Waals surface area contributed by atoms with E-state index >= 15 is 0 Å². The van der Waals surface area contributed by atoms with Crippen molar-refractivity contribution < 1.29 is 13.9 Å². The van der Waals surface area contributed by atoms with Crippen molar-refractivity contribution in [1.29, 1.82) is 0 Å². The summed E-state index contributed by atoms with van der Waals surface area (Å²) in [5, 5.41) is 3.32. The lowest BCUT2D eigenvalue weighted by Gasteiger charge is -2.35. The van der Waals surface area contributed by atoms with Crippen LogP contribution in [0.3, 0.4) is 0 Å². The third-order valence-corrected chi connectivity index (χ3v) is 4.44. The largest absolute Gasteiger partial charge is 0.378 e. The SMILES string of the molecule is O=C(CC1COCCN1)N1CCN(Cc2cccc(F)c2)CC1.